The molecule has 0 aliphatic carbocycles. The summed E-state index contributed by atoms with van der Waals surface area (Å²) in [6.07, 6.45) is 4.05. The minimum absolute atomic E-state index is 0.289. The third kappa shape index (κ3) is 6.16. The fourth-order valence-electron chi connectivity index (χ4n) is 0.750. The van der Waals surface area contributed by atoms with E-state index in [1.54, 1.807) is 0 Å². The van der Waals surface area contributed by atoms with Crippen LogP contribution in [0.1, 0.15) is 32.6 Å². The van der Waals surface area contributed by atoms with E-state index >= 15 is 0 Å². The summed E-state index contributed by atoms with van der Waals surface area (Å²) in [4.78, 5) is 20.6. The fourth-order valence-corrected chi connectivity index (χ4v) is 0.805. The Balaban J connectivity index is 3.20. The Morgan fingerprint density at radius 3 is 2.42 bits per heavy atom. The van der Waals surface area contributed by atoms with Crippen molar-refractivity contribution in [3.8, 4) is 0 Å². The van der Waals surface area contributed by atoms with Crippen molar-refractivity contribution in [2.24, 2.45) is 0 Å². The van der Waals surface area contributed by atoms with E-state index in [0.29, 0.717) is 0 Å². The third-order valence-corrected chi connectivity index (χ3v) is 1.55. The molecule has 0 N–H and O–H groups in total. The van der Waals surface area contributed by atoms with Gasteiger partial charge in [-0.1, -0.05) is 26.2 Å². The molecule has 0 aliphatic heterocycles. The van der Waals surface area contributed by atoms with Gasteiger partial charge in [0.25, 0.3) is 0 Å². The van der Waals surface area contributed by atoms with Crippen LogP contribution in [0.25, 0.3) is 0 Å². The normalized spacial score (nSPS) is 9.50. The summed E-state index contributed by atoms with van der Waals surface area (Å²) in [6, 6.07) is 0. The molecule has 0 radical (unpaired) electrons. The number of hydrogen-bond donors (Lipinski definition) is 0. The lowest BCUT2D eigenvalue weighted by Gasteiger charge is -2.00. The molecule has 0 aromatic heterocycles. The van der Waals surface area contributed by atoms with Crippen LogP contribution in [0, 0.1) is 0 Å². The lowest BCUT2D eigenvalue weighted by Crippen LogP contribution is -2.12. The Labute approximate surface area is 77.0 Å². The number of hydrogen-bond acceptors (Lipinski definition) is 3. The second kappa shape index (κ2) is 7.10. The van der Waals surface area contributed by atoms with Gasteiger partial charge in [-0.15, -0.1) is 0 Å². The van der Waals surface area contributed by atoms with Gasteiger partial charge in [-0.3, -0.25) is 4.79 Å². The molecule has 0 aromatic carbocycles. The molecule has 0 amide bonds. The van der Waals surface area contributed by atoms with Crippen LogP contribution in [0.15, 0.2) is 0 Å². The Morgan fingerprint density at radius 2 is 1.92 bits per heavy atom. The van der Waals surface area contributed by atoms with Crippen molar-refractivity contribution in [1.29, 1.82) is 0 Å². The van der Waals surface area contributed by atoms with Crippen LogP contribution in [-0.2, 0) is 14.3 Å². The van der Waals surface area contributed by atoms with Crippen molar-refractivity contribution in [3.05, 3.63) is 0 Å². The van der Waals surface area contributed by atoms with Crippen molar-refractivity contribution in [1.82, 2.24) is 0 Å². The average molecular weight is 193 g/mol. The van der Waals surface area contributed by atoms with Crippen molar-refractivity contribution in [3.63, 3.8) is 0 Å². The molecule has 12 heavy (non-hydrogen) atoms. The van der Waals surface area contributed by atoms with Crippen molar-refractivity contribution in [2.75, 3.05) is 6.61 Å². The van der Waals surface area contributed by atoms with Gasteiger partial charge in [-0.25, -0.2) is 4.79 Å². The summed E-state index contributed by atoms with van der Waals surface area (Å²) in [5, 5.41) is -1.05. The van der Waals surface area contributed by atoms with Crippen LogP contribution < -0.4 is 0 Å². The third-order valence-electron chi connectivity index (χ3n) is 1.39. The first kappa shape index (κ1) is 11.4. The Bertz CT molecular complexity index is 156. The van der Waals surface area contributed by atoms with Gasteiger partial charge >= 0.3 is 11.2 Å². The predicted molar refractivity (Wildman–Crippen MR) is 46.0 cm³/mol. The zero-order chi connectivity index (χ0) is 9.40. The lowest BCUT2D eigenvalue weighted by atomic mass is 10.2. The molecule has 0 saturated carbocycles. The molecule has 3 nitrogen and oxygen atoms in total. The number of unbranched alkanes of at least 4 members (excludes halogenated alkanes) is 3. The summed E-state index contributed by atoms with van der Waals surface area (Å²) >= 11 is 4.85. The predicted octanol–water partition coefficient (Wildman–Crippen LogP) is 1.88. The average Bonchev–Trinajstić information content (AvgIpc) is 2.03. The highest BCUT2D eigenvalue weighted by Gasteiger charge is 2.10. The molecule has 0 aliphatic rings. The maximum atomic E-state index is 10.5. The first-order valence-corrected chi connectivity index (χ1v) is 4.43. The smallest absolute Gasteiger partial charge is 0.391 e. The second-order valence-electron chi connectivity index (χ2n) is 2.47. The second-order valence-corrected chi connectivity index (χ2v) is 2.81. The number of ether oxygens (including phenoxy) is 1. The van der Waals surface area contributed by atoms with E-state index in [0.717, 1.165) is 25.7 Å². The molecule has 0 rings (SSSR count). The first-order chi connectivity index (χ1) is 5.68. The van der Waals surface area contributed by atoms with E-state index in [1.807, 2.05) is 0 Å². The molecular weight excluding hydrogens is 180 g/mol. The molecule has 0 bridgehead atoms. The van der Waals surface area contributed by atoms with Gasteiger partial charge in [0.05, 0.1) is 6.61 Å². The molecule has 0 unspecified atom stereocenters. The van der Waals surface area contributed by atoms with Gasteiger partial charge in [0, 0.05) is 0 Å². The van der Waals surface area contributed by atoms with Gasteiger partial charge in [-0.05, 0) is 18.0 Å². The van der Waals surface area contributed by atoms with Crippen LogP contribution >= 0.6 is 11.6 Å². The van der Waals surface area contributed by atoms with Crippen molar-refractivity contribution < 1.29 is 14.3 Å². The molecule has 4 heteroatoms. The molecule has 0 aromatic rings. The highest BCUT2D eigenvalue weighted by Crippen LogP contribution is 1.99. The van der Waals surface area contributed by atoms with Crippen molar-refractivity contribution >= 4 is 22.8 Å². The molecule has 0 atom stereocenters. The van der Waals surface area contributed by atoms with Gasteiger partial charge in [0.15, 0.2) is 0 Å². The van der Waals surface area contributed by atoms with E-state index in [-0.39, 0.29) is 6.61 Å². The standard InChI is InChI=1S/C8H13ClO3/c1-2-3-4-5-6-12-8(11)7(9)10/h2-6H2,1H3. The quantitative estimate of drug-likeness (QED) is 0.279. The number of halogens is 1. The lowest BCUT2D eigenvalue weighted by molar-refractivity contribution is -0.150. The largest absolute Gasteiger partial charge is 0.459 e. The van der Waals surface area contributed by atoms with Crippen LogP contribution in [-0.4, -0.2) is 17.8 Å². The SMILES string of the molecule is CCCCCCOC(=O)C(=O)Cl. The molecule has 0 spiro atoms. The molecule has 0 fully saturated rings. The molecular formula is C8H13ClO3. The first-order valence-electron chi connectivity index (χ1n) is 4.05. The minimum atomic E-state index is -1.05. The van der Waals surface area contributed by atoms with E-state index in [2.05, 4.69) is 11.7 Å². The van der Waals surface area contributed by atoms with E-state index < -0.39 is 11.2 Å². The summed E-state index contributed by atoms with van der Waals surface area (Å²) in [5.41, 5.74) is 0. The summed E-state index contributed by atoms with van der Waals surface area (Å²) < 4.78 is 4.53. The van der Waals surface area contributed by atoms with Gasteiger partial charge in [-0.2, -0.15) is 0 Å². The topological polar surface area (TPSA) is 43.4 Å². The number of carbonyl (C=O) groups excluding carboxylic acids is 2. The summed E-state index contributed by atoms with van der Waals surface area (Å²) in [5.74, 6) is -0.951. The van der Waals surface area contributed by atoms with Crippen LogP contribution in [0.4, 0.5) is 0 Å². The van der Waals surface area contributed by atoms with E-state index in [9.17, 15) is 9.59 Å². The van der Waals surface area contributed by atoms with E-state index in [4.69, 9.17) is 11.6 Å². The Kier molecular flexibility index (Phi) is 6.76. The number of esters is 1. The minimum Gasteiger partial charge on any atom is -0.459 e. The van der Waals surface area contributed by atoms with Crippen LogP contribution in [0.3, 0.4) is 0 Å². The van der Waals surface area contributed by atoms with Crippen LogP contribution in [0.2, 0.25) is 0 Å². The highest BCUT2D eigenvalue weighted by atomic mass is 35.5. The molecule has 0 heterocycles. The highest BCUT2D eigenvalue weighted by molar-refractivity contribution is 6.80. The monoisotopic (exact) mass is 192 g/mol. The van der Waals surface area contributed by atoms with Gasteiger partial charge in [0.1, 0.15) is 0 Å². The van der Waals surface area contributed by atoms with Crippen molar-refractivity contribution in [2.45, 2.75) is 32.6 Å². The Hall–Kier alpha value is -0.570. The summed E-state index contributed by atoms with van der Waals surface area (Å²) in [7, 11) is 0. The zero-order valence-corrected chi connectivity index (χ0v) is 7.89. The Morgan fingerprint density at radius 1 is 1.25 bits per heavy atom. The number of rotatable bonds is 6. The van der Waals surface area contributed by atoms with Gasteiger partial charge < -0.3 is 4.74 Å². The molecule has 70 valence electrons. The fraction of sp³-hybridized carbons (Fsp3) is 0.750. The van der Waals surface area contributed by atoms with E-state index in [1.165, 1.54) is 0 Å². The maximum Gasteiger partial charge on any atom is 0.391 e. The summed E-state index contributed by atoms with van der Waals surface area (Å²) in [6.45, 7) is 2.38. The zero-order valence-electron chi connectivity index (χ0n) is 7.14. The van der Waals surface area contributed by atoms with Crippen LogP contribution in [0.5, 0.6) is 0 Å². The number of carbonyl (C=O) groups is 2. The maximum absolute atomic E-state index is 10.5. The van der Waals surface area contributed by atoms with Gasteiger partial charge in [0.2, 0.25) is 0 Å². The molecule has 0 saturated heterocycles.